The number of allylic oxidation sites excluding steroid dienone is 28. The first kappa shape index (κ1) is 83.7. The smallest absolute Gasteiger partial charge is 0.306 e. The molecule has 0 fully saturated rings. The number of carbonyl (C=O) groups is 3. The number of carboxylic acids is 1. The van der Waals surface area contributed by atoms with Gasteiger partial charge in [0, 0.05) is 12.8 Å². The van der Waals surface area contributed by atoms with Crippen molar-refractivity contribution in [1.82, 2.24) is 0 Å². The van der Waals surface area contributed by atoms with Gasteiger partial charge in [0.25, 0.3) is 0 Å². The summed E-state index contributed by atoms with van der Waals surface area (Å²) in [5.74, 6) is -2.33. The molecule has 0 aliphatic rings. The fourth-order valence-electron chi connectivity index (χ4n) is 9.14. The molecule has 0 saturated heterocycles. The van der Waals surface area contributed by atoms with Crippen LogP contribution in [0.5, 0.6) is 0 Å². The molecule has 2 atom stereocenters. The second kappa shape index (κ2) is 68.6. The van der Waals surface area contributed by atoms with E-state index in [9.17, 15) is 19.5 Å². The minimum Gasteiger partial charge on any atom is -0.545 e. The van der Waals surface area contributed by atoms with Crippen LogP contribution in [0.1, 0.15) is 258 Å². The van der Waals surface area contributed by atoms with Crippen LogP contribution in [-0.2, 0) is 33.3 Å². The normalized spacial score (nSPS) is 13.8. The molecule has 0 aromatic carbocycles. The van der Waals surface area contributed by atoms with E-state index in [1.807, 2.05) is 21.1 Å². The summed E-state index contributed by atoms with van der Waals surface area (Å²) >= 11 is 0. The summed E-state index contributed by atoms with van der Waals surface area (Å²) in [4.78, 5) is 37.5. The Morgan fingerprint density at radius 2 is 0.607 bits per heavy atom. The van der Waals surface area contributed by atoms with Gasteiger partial charge in [0.05, 0.1) is 40.3 Å². The zero-order valence-corrected chi connectivity index (χ0v) is 57.2. The van der Waals surface area contributed by atoms with Crippen molar-refractivity contribution >= 4 is 17.9 Å². The molecule has 0 N–H and O–H groups in total. The average molecular weight is 1230 g/mol. The van der Waals surface area contributed by atoms with E-state index in [0.717, 1.165) is 135 Å². The fraction of sp³-hybridized carbons (Fsp3) is 0.613. The Morgan fingerprint density at radius 3 is 0.899 bits per heavy atom. The maximum Gasteiger partial charge on any atom is 0.306 e. The molecule has 0 heterocycles. The standard InChI is InChI=1S/C80H129NO8/c1-6-8-10-12-14-16-18-20-22-24-26-28-30-32-34-36-37-38-39-40-41-43-45-47-49-51-53-55-57-59-61-63-65-67-69-71-78(83)89-76(75-88-80(79(84)85)86-73-72-81(3,4)5)74-87-77(82)70-68-66-64-62-60-58-56-54-52-50-48-46-44-42-35-33-31-29-27-25-23-21-19-17-15-13-11-9-7-2/h8-11,14-17,20-23,26-29,32,34,37-38,40-41,45,47,51,53,57,59,76,80H,6-7,12-13,18-19,24-25,30-31,33,35-36,39,42-44,46,48-50,52,54-56,58,60-75H2,1-5H3/b10-8-,11-9-,16-14-,17-15-,22-20-,23-21-,28-26-,29-27-,34-32-,38-37-,41-40-,47-45-,53-51-,59-57-. The Hall–Kier alpha value is -5.35. The lowest BCUT2D eigenvalue weighted by Crippen LogP contribution is -2.44. The highest BCUT2D eigenvalue weighted by atomic mass is 16.7. The molecule has 502 valence electrons. The highest BCUT2D eigenvalue weighted by Crippen LogP contribution is 2.16. The second-order valence-corrected chi connectivity index (χ2v) is 24.1. The van der Waals surface area contributed by atoms with E-state index in [2.05, 4.69) is 184 Å². The van der Waals surface area contributed by atoms with Gasteiger partial charge in [0.1, 0.15) is 13.2 Å². The maximum atomic E-state index is 12.9. The number of esters is 2. The highest BCUT2D eigenvalue weighted by Gasteiger charge is 2.22. The summed E-state index contributed by atoms with van der Waals surface area (Å²) < 4.78 is 22.8. The minimum absolute atomic E-state index is 0.134. The SMILES string of the molecule is CC/C=C\C/C=C\C/C=C\C/C=C\C/C=C\C/C=C\C/C=C\C/C=C\C/C=C\C/C=C\CCCCCCC(=O)OC(COC(=O)CCCCCCCCCCCCCCCCCC/C=C\C/C=C\C/C=C\C/C=C\CC)COC(OCC[N+](C)(C)C)C(=O)[O-]. The molecule has 0 bridgehead atoms. The van der Waals surface area contributed by atoms with Gasteiger partial charge in [0.2, 0.25) is 0 Å². The number of nitrogens with zero attached hydrogens (tertiary/aromatic N) is 1. The molecule has 0 rings (SSSR count). The highest BCUT2D eigenvalue weighted by molar-refractivity contribution is 5.70. The van der Waals surface area contributed by atoms with Crippen LogP contribution in [0.25, 0.3) is 0 Å². The largest absolute Gasteiger partial charge is 0.545 e. The Bertz CT molecular complexity index is 2070. The first-order chi connectivity index (χ1) is 43.6. The Balaban J connectivity index is 4.23. The molecule has 0 aromatic rings. The summed E-state index contributed by atoms with van der Waals surface area (Å²) in [7, 11) is 5.91. The number of hydrogen-bond acceptors (Lipinski definition) is 8. The number of quaternary nitrogens is 1. The van der Waals surface area contributed by atoms with E-state index in [1.165, 1.54) is 89.9 Å². The Morgan fingerprint density at radius 1 is 0.337 bits per heavy atom. The third-order valence-corrected chi connectivity index (χ3v) is 14.5. The molecular weight excluding hydrogens is 1100 g/mol. The topological polar surface area (TPSA) is 111 Å². The van der Waals surface area contributed by atoms with E-state index in [0.29, 0.717) is 17.4 Å². The minimum atomic E-state index is -1.64. The molecule has 89 heavy (non-hydrogen) atoms. The van der Waals surface area contributed by atoms with Gasteiger partial charge < -0.3 is 33.3 Å². The fourth-order valence-corrected chi connectivity index (χ4v) is 9.14. The third kappa shape index (κ3) is 70.0. The molecule has 9 heteroatoms. The van der Waals surface area contributed by atoms with Crippen LogP contribution < -0.4 is 5.11 Å². The van der Waals surface area contributed by atoms with E-state index in [1.54, 1.807) is 0 Å². The zero-order valence-electron chi connectivity index (χ0n) is 57.2. The van der Waals surface area contributed by atoms with Crippen molar-refractivity contribution in [2.24, 2.45) is 0 Å². The average Bonchev–Trinajstić information content (AvgIpc) is 3.64. The number of unbranched alkanes of at least 4 members (excludes halogenated alkanes) is 20. The number of ether oxygens (including phenoxy) is 4. The molecule has 0 saturated carbocycles. The third-order valence-electron chi connectivity index (χ3n) is 14.5. The molecule has 2 unspecified atom stereocenters. The van der Waals surface area contributed by atoms with E-state index in [4.69, 9.17) is 18.9 Å². The molecule has 0 spiro atoms. The molecule has 0 radical (unpaired) electrons. The number of hydrogen-bond donors (Lipinski definition) is 0. The van der Waals surface area contributed by atoms with Crippen molar-refractivity contribution in [3.05, 3.63) is 170 Å². The van der Waals surface area contributed by atoms with E-state index < -0.39 is 24.3 Å². The van der Waals surface area contributed by atoms with Gasteiger partial charge in [-0.15, -0.1) is 0 Å². The van der Waals surface area contributed by atoms with Gasteiger partial charge >= 0.3 is 11.9 Å². The lowest BCUT2D eigenvalue weighted by atomic mass is 10.0. The number of likely N-dealkylation sites (N-methyl/N-ethyl adjacent to an activating group) is 1. The Kier molecular flexibility index (Phi) is 64.4. The van der Waals surface area contributed by atoms with Gasteiger partial charge in [-0.25, -0.2) is 0 Å². The van der Waals surface area contributed by atoms with E-state index in [-0.39, 0.29) is 38.6 Å². The van der Waals surface area contributed by atoms with Crippen molar-refractivity contribution in [3.8, 4) is 0 Å². The summed E-state index contributed by atoms with van der Waals surface area (Å²) in [5.41, 5.74) is 0. The van der Waals surface area contributed by atoms with Gasteiger partial charge in [-0.1, -0.05) is 287 Å². The lowest BCUT2D eigenvalue weighted by molar-refractivity contribution is -0.870. The summed E-state index contributed by atoms with van der Waals surface area (Å²) in [6.07, 6.45) is 100. The monoisotopic (exact) mass is 1230 g/mol. The van der Waals surface area contributed by atoms with Crippen molar-refractivity contribution in [2.45, 2.75) is 270 Å². The van der Waals surface area contributed by atoms with Crippen molar-refractivity contribution in [2.75, 3.05) is 47.5 Å². The van der Waals surface area contributed by atoms with Crippen LogP contribution in [0.3, 0.4) is 0 Å². The van der Waals surface area contributed by atoms with Gasteiger partial charge in [-0.3, -0.25) is 9.59 Å². The molecule has 0 aromatic heterocycles. The quantitative estimate of drug-likeness (QED) is 0.0195. The lowest BCUT2D eigenvalue weighted by Gasteiger charge is -2.26. The Labute approximate surface area is 546 Å². The molecule has 0 aliphatic heterocycles. The molecule has 9 nitrogen and oxygen atoms in total. The molecule has 0 aliphatic carbocycles. The first-order valence-corrected chi connectivity index (χ1v) is 35.3. The number of aliphatic carboxylic acids is 1. The van der Waals surface area contributed by atoms with Gasteiger partial charge in [0.15, 0.2) is 12.4 Å². The van der Waals surface area contributed by atoms with Crippen LogP contribution in [-0.4, -0.2) is 82.3 Å². The maximum absolute atomic E-state index is 12.9. The summed E-state index contributed by atoms with van der Waals surface area (Å²) in [6, 6.07) is 0. The summed E-state index contributed by atoms with van der Waals surface area (Å²) in [5, 5.41) is 11.8. The number of carboxylic acid groups (broad SMARTS) is 1. The number of rotatable bonds is 63. The first-order valence-electron chi connectivity index (χ1n) is 35.3. The van der Waals surface area contributed by atoms with Crippen molar-refractivity contribution in [3.63, 3.8) is 0 Å². The van der Waals surface area contributed by atoms with Crippen LogP contribution in [0, 0.1) is 0 Å². The van der Waals surface area contributed by atoms with Crippen LogP contribution in [0.15, 0.2) is 170 Å². The predicted octanol–water partition coefficient (Wildman–Crippen LogP) is 20.9. The zero-order chi connectivity index (χ0) is 64.7. The molecule has 0 amide bonds. The van der Waals surface area contributed by atoms with Crippen molar-refractivity contribution < 1.29 is 42.9 Å². The van der Waals surface area contributed by atoms with E-state index >= 15 is 0 Å². The van der Waals surface area contributed by atoms with Crippen LogP contribution >= 0.6 is 0 Å². The summed E-state index contributed by atoms with van der Waals surface area (Å²) in [6.45, 7) is 4.48. The van der Waals surface area contributed by atoms with Crippen LogP contribution in [0.2, 0.25) is 0 Å². The molecular formula is C80H129NO8. The second-order valence-electron chi connectivity index (χ2n) is 24.1. The predicted molar refractivity (Wildman–Crippen MR) is 379 cm³/mol. The number of carbonyl (C=O) groups excluding carboxylic acids is 3. The van der Waals surface area contributed by atoms with Gasteiger partial charge in [-0.2, -0.15) is 0 Å². The van der Waals surface area contributed by atoms with Crippen molar-refractivity contribution in [1.29, 1.82) is 0 Å². The van der Waals surface area contributed by atoms with Gasteiger partial charge in [-0.05, 0) is 128 Å². The van der Waals surface area contributed by atoms with Crippen LogP contribution in [0.4, 0.5) is 0 Å².